The molecular weight excluding hydrogens is 376 g/mol. The number of nitrogens with one attached hydrogen (secondary N) is 2. The zero-order chi connectivity index (χ0) is 18.5. The molecule has 2 aromatic carbocycles. The normalized spacial score (nSPS) is 15.8. The number of carbonyl (C=O) groups is 1. The molecule has 2 heterocycles. The maximum atomic E-state index is 12.0. The van der Waals surface area contributed by atoms with E-state index in [1.807, 2.05) is 30.3 Å². The lowest BCUT2D eigenvalue weighted by Gasteiger charge is -2.09. The molecule has 0 bridgehead atoms. The molecule has 6 nitrogen and oxygen atoms in total. The molecule has 0 aliphatic carbocycles. The van der Waals surface area contributed by atoms with Crippen molar-refractivity contribution in [2.24, 2.45) is 0 Å². The lowest BCUT2D eigenvalue weighted by atomic mass is 10.0. The quantitative estimate of drug-likeness (QED) is 0.666. The molecule has 2 N–H and O–H groups in total. The number of hydrogen-bond acceptors (Lipinski definition) is 5. The van der Waals surface area contributed by atoms with E-state index in [1.165, 1.54) is 5.56 Å². The van der Waals surface area contributed by atoms with Crippen molar-refractivity contribution in [2.45, 2.75) is 25.3 Å². The van der Waals surface area contributed by atoms with Crippen LogP contribution in [-0.2, 0) is 11.2 Å². The summed E-state index contributed by atoms with van der Waals surface area (Å²) in [4.78, 5) is 16.4. The van der Waals surface area contributed by atoms with Crippen LogP contribution in [0.5, 0.6) is 0 Å². The smallest absolute Gasteiger partial charge is 0.237 e. The van der Waals surface area contributed by atoms with Crippen molar-refractivity contribution in [3.63, 3.8) is 0 Å². The van der Waals surface area contributed by atoms with Crippen molar-refractivity contribution in [3.05, 3.63) is 60.5 Å². The lowest BCUT2D eigenvalue weighted by Crippen LogP contribution is -2.41. The summed E-state index contributed by atoms with van der Waals surface area (Å²) in [5.74, 6) is 1.13. The number of nitrogens with zero attached hydrogens (tertiary/aromatic N) is 2. The minimum Gasteiger partial charge on any atom is -0.354 e. The average Bonchev–Trinajstić information content (AvgIpc) is 3.41. The van der Waals surface area contributed by atoms with Crippen LogP contribution in [0.4, 0.5) is 0 Å². The van der Waals surface area contributed by atoms with Gasteiger partial charge in [-0.2, -0.15) is 4.98 Å². The Morgan fingerprint density at radius 2 is 1.79 bits per heavy atom. The molecule has 1 aromatic heterocycles. The molecule has 0 spiro atoms. The molecule has 146 valence electrons. The van der Waals surface area contributed by atoms with E-state index < -0.39 is 0 Å². The molecule has 1 aliphatic heterocycles. The highest BCUT2D eigenvalue weighted by atomic mass is 35.5. The van der Waals surface area contributed by atoms with Crippen molar-refractivity contribution in [1.82, 2.24) is 20.8 Å². The van der Waals surface area contributed by atoms with Gasteiger partial charge >= 0.3 is 0 Å². The second kappa shape index (κ2) is 9.48. The molecule has 7 heteroatoms. The van der Waals surface area contributed by atoms with Gasteiger partial charge in [0.05, 0.1) is 6.04 Å². The molecule has 28 heavy (non-hydrogen) atoms. The largest absolute Gasteiger partial charge is 0.354 e. The van der Waals surface area contributed by atoms with Crippen LogP contribution in [-0.4, -0.2) is 35.2 Å². The predicted molar refractivity (Wildman–Crippen MR) is 110 cm³/mol. The Balaban J connectivity index is 0.00000225. The third-order valence-electron chi connectivity index (χ3n) is 4.73. The SMILES string of the molecule is Cl.O=C(NCCc1nc(-c2ccc(-c3ccccc3)cc2)no1)C1CCCN1. The van der Waals surface area contributed by atoms with Crippen LogP contribution in [0.3, 0.4) is 0 Å². The van der Waals surface area contributed by atoms with Gasteiger partial charge in [-0.1, -0.05) is 59.8 Å². The minimum atomic E-state index is -0.0635. The van der Waals surface area contributed by atoms with Gasteiger partial charge in [-0.25, -0.2) is 0 Å². The second-order valence-electron chi connectivity index (χ2n) is 6.65. The fourth-order valence-corrected chi connectivity index (χ4v) is 3.24. The number of carbonyl (C=O) groups excluding carboxylic acids is 1. The first-order chi connectivity index (χ1) is 13.3. The minimum absolute atomic E-state index is 0. The van der Waals surface area contributed by atoms with Crippen molar-refractivity contribution < 1.29 is 9.32 Å². The molecule has 0 saturated carbocycles. The zero-order valence-electron chi connectivity index (χ0n) is 15.4. The Kier molecular flexibility index (Phi) is 6.79. The van der Waals surface area contributed by atoms with Gasteiger partial charge < -0.3 is 15.2 Å². The Morgan fingerprint density at radius 3 is 2.50 bits per heavy atom. The van der Waals surface area contributed by atoms with E-state index in [0.29, 0.717) is 24.7 Å². The number of halogens is 1. The number of rotatable bonds is 6. The highest BCUT2D eigenvalue weighted by molar-refractivity contribution is 5.85. The maximum absolute atomic E-state index is 12.0. The fourth-order valence-electron chi connectivity index (χ4n) is 3.24. The first-order valence-corrected chi connectivity index (χ1v) is 9.29. The average molecular weight is 399 g/mol. The summed E-state index contributed by atoms with van der Waals surface area (Å²) in [7, 11) is 0. The van der Waals surface area contributed by atoms with Crippen molar-refractivity contribution in [3.8, 4) is 22.5 Å². The van der Waals surface area contributed by atoms with Crippen molar-refractivity contribution in [1.29, 1.82) is 0 Å². The van der Waals surface area contributed by atoms with Gasteiger partial charge in [-0.15, -0.1) is 12.4 Å². The third kappa shape index (κ3) is 4.77. The monoisotopic (exact) mass is 398 g/mol. The second-order valence-corrected chi connectivity index (χ2v) is 6.65. The number of aromatic nitrogens is 2. The maximum Gasteiger partial charge on any atom is 0.237 e. The summed E-state index contributed by atoms with van der Waals surface area (Å²) in [5.41, 5.74) is 3.22. The van der Waals surface area contributed by atoms with E-state index in [-0.39, 0.29) is 24.4 Å². The summed E-state index contributed by atoms with van der Waals surface area (Å²) in [6, 6.07) is 18.2. The van der Waals surface area contributed by atoms with Gasteiger partial charge in [-0.3, -0.25) is 4.79 Å². The summed E-state index contributed by atoms with van der Waals surface area (Å²) in [5, 5.41) is 10.2. The van der Waals surface area contributed by atoms with Gasteiger partial charge in [0.2, 0.25) is 17.6 Å². The van der Waals surface area contributed by atoms with Crippen LogP contribution in [0.15, 0.2) is 59.1 Å². The number of benzene rings is 2. The summed E-state index contributed by atoms with van der Waals surface area (Å²) in [6.07, 6.45) is 2.47. The van der Waals surface area contributed by atoms with Crippen molar-refractivity contribution in [2.75, 3.05) is 13.1 Å². The fraction of sp³-hybridized carbons (Fsp3) is 0.286. The lowest BCUT2D eigenvalue weighted by molar-refractivity contribution is -0.122. The van der Waals surface area contributed by atoms with E-state index in [0.717, 1.165) is 30.5 Å². The topological polar surface area (TPSA) is 80.1 Å². The highest BCUT2D eigenvalue weighted by Gasteiger charge is 2.21. The van der Waals surface area contributed by atoms with Gasteiger partial charge in [0, 0.05) is 18.5 Å². The van der Waals surface area contributed by atoms with Gasteiger partial charge in [0.15, 0.2) is 0 Å². The van der Waals surface area contributed by atoms with Gasteiger partial charge in [0.25, 0.3) is 0 Å². The highest BCUT2D eigenvalue weighted by Crippen LogP contribution is 2.23. The Morgan fingerprint density at radius 1 is 1.07 bits per heavy atom. The standard InChI is InChI=1S/C21H22N4O2.ClH/c26-21(18-7-4-13-22-18)23-14-12-19-24-20(25-27-19)17-10-8-16(9-11-17)15-5-2-1-3-6-15;/h1-3,5-6,8-11,18,22H,4,7,12-14H2,(H,23,26);1H. The van der Waals surface area contributed by atoms with Crippen LogP contribution in [0.25, 0.3) is 22.5 Å². The molecule has 1 unspecified atom stereocenters. The number of hydrogen-bond donors (Lipinski definition) is 2. The van der Waals surface area contributed by atoms with Crippen LogP contribution >= 0.6 is 12.4 Å². The molecule has 3 aromatic rings. The molecule has 1 fully saturated rings. The summed E-state index contributed by atoms with van der Waals surface area (Å²) >= 11 is 0. The van der Waals surface area contributed by atoms with Gasteiger partial charge in [0.1, 0.15) is 0 Å². The Hall–Kier alpha value is -2.70. The van der Waals surface area contributed by atoms with Gasteiger partial charge in [-0.05, 0) is 30.5 Å². The number of amides is 1. The molecule has 0 radical (unpaired) electrons. The van der Waals surface area contributed by atoms with Crippen LogP contribution in [0, 0.1) is 0 Å². The van der Waals surface area contributed by atoms with E-state index in [2.05, 4.69) is 45.0 Å². The van der Waals surface area contributed by atoms with E-state index >= 15 is 0 Å². The third-order valence-corrected chi connectivity index (χ3v) is 4.73. The van der Waals surface area contributed by atoms with E-state index in [4.69, 9.17) is 4.52 Å². The molecular formula is C21H23ClN4O2. The summed E-state index contributed by atoms with van der Waals surface area (Å²) in [6.45, 7) is 1.40. The van der Waals surface area contributed by atoms with E-state index in [9.17, 15) is 4.79 Å². The molecule has 1 atom stereocenters. The Labute approximate surface area is 170 Å². The molecule has 1 amide bonds. The molecule has 4 rings (SSSR count). The van der Waals surface area contributed by atoms with Crippen LogP contribution < -0.4 is 10.6 Å². The Bertz CT molecular complexity index is 890. The first kappa shape index (κ1) is 20.0. The summed E-state index contributed by atoms with van der Waals surface area (Å²) < 4.78 is 5.31. The first-order valence-electron chi connectivity index (χ1n) is 9.29. The predicted octanol–water partition coefficient (Wildman–Crippen LogP) is 3.24. The van der Waals surface area contributed by atoms with Crippen LogP contribution in [0.1, 0.15) is 18.7 Å². The van der Waals surface area contributed by atoms with Crippen molar-refractivity contribution >= 4 is 18.3 Å². The van der Waals surface area contributed by atoms with E-state index in [1.54, 1.807) is 0 Å². The zero-order valence-corrected chi connectivity index (χ0v) is 16.2. The molecule has 1 saturated heterocycles. The van der Waals surface area contributed by atoms with Crippen LogP contribution in [0.2, 0.25) is 0 Å². The molecule has 1 aliphatic rings.